The van der Waals surface area contributed by atoms with Gasteiger partial charge in [-0.25, -0.2) is 0 Å². The zero-order chi connectivity index (χ0) is 21.5. The number of amides is 1. The maximum atomic E-state index is 13.5. The molecule has 3 heterocycles. The second-order valence-corrected chi connectivity index (χ2v) is 8.22. The monoisotopic (exact) mass is 414 g/mol. The number of pyridine rings is 2. The van der Waals surface area contributed by atoms with Crippen molar-refractivity contribution in [2.45, 2.75) is 26.3 Å². The van der Waals surface area contributed by atoms with Crippen LogP contribution in [0, 0.1) is 5.92 Å². The maximum absolute atomic E-state index is 13.5. The van der Waals surface area contributed by atoms with Crippen molar-refractivity contribution >= 4 is 5.91 Å². The van der Waals surface area contributed by atoms with E-state index in [2.05, 4.69) is 69.2 Å². The summed E-state index contributed by atoms with van der Waals surface area (Å²) in [4.78, 5) is 26.4. The molecule has 4 rings (SSSR count). The van der Waals surface area contributed by atoms with Crippen LogP contribution in [0.4, 0.5) is 0 Å². The van der Waals surface area contributed by atoms with Crippen LogP contribution in [0.2, 0.25) is 0 Å². The third-order valence-electron chi connectivity index (χ3n) is 5.93. The van der Waals surface area contributed by atoms with Crippen LogP contribution in [-0.2, 0) is 17.8 Å². The van der Waals surface area contributed by atoms with Crippen LogP contribution in [-0.4, -0.2) is 51.9 Å². The van der Waals surface area contributed by atoms with Gasteiger partial charge in [0.05, 0.1) is 5.92 Å². The summed E-state index contributed by atoms with van der Waals surface area (Å²) in [6.45, 7) is 6.26. The minimum Gasteiger partial charge on any atom is -0.341 e. The van der Waals surface area contributed by atoms with Gasteiger partial charge >= 0.3 is 0 Å². The molecule has 0 unspecified atom stereocenters. The molecule has 1 amide bonds. The first kappa shape index (κ1) is 21.2. The maximum Gasteiger partial charge on any atom is 0.227 e. The van der Waals surface area contributed by atoms with Crippen LogP contribution in [0.3, 0.4) is 0 Å². The van der Waals surface area contributed by atoms with Crippen LogP contribution >= 0.6 is 0 Å². The average Bonchev–Trinajstić information content (AvgIpc) is 2.95. The van der Waals surface area contributed by atoms with Crippen LogP contribution in [0.15, 0.2) is 73.3 Å². The summed E-state index contributed by atoms with van der Waals surface area (Å²) in [6, 6.07) is 16.6. The van der Waals surface area contributed by atoms with Gasteiger partial charge in [0.25, 0.3) is 0 Å². The number of benzene rings is 1. The van der Waals surface area contributed by atoms with Crippen LogP contribution in [0.25, 0.3) is 11.1 Å². The van der Waals surface area contributed by atoms with Gasteiger partial charge in [0, 0.05) is 63.1 Å². The van der Waals surface area contributed by atoms with Crippen molar-refractivity contribution in [2.24, 2.45) is 5.92 Å². The van der Waals surface area contributed by atoms with Crippen molar-refractivity contribution in [3.05, 3.63) is 84.4 Å². The van der Waals surface area contributed by atoms with E-state index in [1.54, 1.807) is 6.20 Å². The van der Waals surface area contributed by atoms with E-state index in [9.17, 15) is 4.79 Å². The molecular formula is C26H30N4O. The Hall–Kier alpha value is -3.05. The number of hydrogen-bond donors (Lipinski definition) is 0. The van der Waals surface area contributed by atoms with Gasteiger partial charge in [0.15, 0.2) is 0 Å². The third kappa shape index (κ3) is 5.36. The molecule has 2 aromatic heterocycles. The molecule has 1 aliphatic heterocycles. The molecule has 0 radical (unpaired) electrons. The Morgan fingerprint density at radius 3 is 2.58 bits per heavy atom. The highest BCUT2D eigenvalue weighted by Gasteiger charge is 2.30. The van der Waals surface area contributed by atoms with Gasteiger partial charge in [0.2, 0.25) is 5.91 Å². The fraction of sp³-hybridized carbons (Fsp3) is 0.346. The summed E-state index contributed by atoms with van der Waals surface area (Å²) in [5.41, 5.74) is 4.70. The van der Waals surface area contributed by atoms with E-state index < -0.39 is 0 Å². The molecule has 1 aromatic carbocycles. The average molecular weight is 415 g/mol. The van der Waals surface area contributed by atoms with Gasteiger partial charge in [-0.2, -0.15) is 0 Å². The molecule has 0 spiro atoms. The van der Waals surface area contributed by atoms with Gasteiger partial charge in [-0.3, -0.25) is 19.7 Å². The highest BCUT2D eigenvalue weighted by atomic mass is 16.2. The van der Waals surface area contributed by atoms with E-state index in [-0.39, 0.29) is 11.8 Å². The largest absolute Gasteiger partial charge is 0.341 e. The smallest absolute Gasteiger partial charge is 0.227 e. The number of hydrogen-bond acceptors (Lipinski definition) is 4. The number of carbonyl (C=O) groups excluding carboxylic acids is 1. The summed E-state index contributed by atoms with van der Waals surface area (Å²) in [7, 11) is 0. The van der Waals surface area contributed by atoms with Crippen LogP contribution in [0.5, 0.6) is 0 Å². The molecule has 5 nitrogen and oxygen atoms in total. The molecule has 3 aromatic rings. The second kappa shape index (κ2) is 10.3. The lowest BCUT2D eigenvalue weighted by molar-refractivity contribution is -0.134. The lowest BCUT2D eigenvalue weighted by Gasteiger charge is -2.24. The molecule has 31 heavy (non-hydrogen) atoms. The van der Waals surface area contributed by atoms with Gasteiger partial charge in [-0.15, -0.1) is 0 Å². The first-order valence-corrected chi connectivity index (χ1v) is 11.1. The summed E-state index contributed by atoms with van der Waals surface area (Å²) >= 11 is 0. The minimum absolute atomic E-state index is 0.0614. The van der Waals surface area contributed by atoms with Crippen LogP contribution in [0.1, 0.15) is 24.5 Å². The minimum atomic E-state index is -0.0614. The quantitative estimate of drug-likeness (QED) is 0.585. The second-order valence-electron chi connectivity index (χ2n) is 8.22. The van der Waals surface area contributed by atoms with Crippen molar-refractivity contribution < 1.29 is 4.79 Å². The highest BCUT2D eigenvalue weighted by molar-refractivity contribution is 5.80. The van der Waals surface area contributed by atoms with Crippen LogP contribution < -0.4 is 0 Å². The molecule has 1 fully saturated rings. The van der Waals surface area contributed by atoms with Crippen molar-refractivity contribution in [1.82, 2.24) is 19.8 Å². The zero-order valence-corrected chi connectivity index (χ0v) is 18.2. The summed E-state index contributed by atoms with van der Waals surface area (Å²) in [5.74, 6) is 0.216. The molecule has 1 aliphatic rings. The van der Waals surface area contributed by atoms with Gasteiger partial charge in [-0.1, -0.05) is 37.3 Å². The van der Waals surface area contributed by atoms with Crippen molar-refractivity contribution in [1.29, 1.82) is 0 Å². The fourth-order valence-corrected chi connectivity index (χ4v) is 4.41. The predicted octanol–water partition coefficient (Wildman–Crippen LogP) is 4.06. The topological polar surface area (TPSA) is 49.3 Å². The standard InChI is InChI=1S/C26H30N4O/c1-2-14-30-16-15-29(19-21-9-12-27-13-10-21)20-24(26(30)31)17-22-6-3-4-8-25(22)23-7-5-11-28-18-23/h3-13,18,24H,2,14-17,19-20H2,1H3/t24-/m1/s1. The Labute approximate surface area is 184 Å². The van der Waals surface area contributed by atoms with Crippen molar-refractivity contribution in [2.75, 3.05) is 26.2 Å². The van der Waals surface area contributed by atoms with Gasteiger partial charge < -0.3 is 4.90 Å². The van der Waals surface area contributed by atoms with E-state index >= 15 is 0 Å². The molecular weight excluding hydrogens is 384 g/mol. The molecule has 1 atom stereocenters. The molecule has 160 valence electrons. The normalized spacial score (nSPS) is 17.5. The fourth-order valence-electron chi connectivity index (χ4n) is 4.41. The first-order valence-electron chi connectivity index (χ1n) is 11.1. The SMILES string of the molecule is CCCN1CCN(Cc2ccncc2)C[C@@H](Cc2ccccc2-c2cccnc2)C1=O. The highest BCUT2D eigenvalue weighted by Crippen LogP contribution is 2.27. The Balaban J connectivity index is 1.59. The van der Waals surface area contributed by atoms with E-state index in [1.165, 1.54) is 11.1 Å². The lowest BCUT2D eigenvalue weighted by atomic mass is 9.91. The molecule has 1 saturated heterocycles. The van der Waals surface area contributed by atoms with E-state index in [1.807, 2.05) is 24.7 Å². The molecule has 0 saturated carbocycles. The Morgan fingerprint density at radius 2 is 1.81 bits per heavy atom. The predicted molar refractivity (Wildman–Crippen MR) is 123 cm³/mol. The first-order chi connectivity index (χ1) is 15.2. The van der Waals surface area contributed by atoms with Gasteiger partial charge in [0.1, 0.15) is 0 Å². The molecule has 0 aliphatic carbocycles. The van der Waals surface area contributed by atoms with Crippen molar-refractivity contribution in [3.8, 4) is 11.1 Å². The van der Waals surface area contributed by atoms with E-state index in [0.29, 0.717) is 0 Å². The Morgan fingerprint density at radius 1 is 0.968 bits per heavy atom. The Kier molecular flexibility index (Phi) is 7.05. The molecule has 0 N–H and O–H groups in total. The third-order valence-corrected chi connectivity index (χ3v) is 5.93. The van der Waals surface area contributed by atoms with Crippen molar-refractivity contribution in [3.63, 3.8) is 0 Å². The molecule has 0 bridgehead atoms. The number of carbonyl (C=O) groups is 1. The summed E-state index contributed by atoms with van der Waals surface area (Å²) < 4.78 is 0. The Bertz CT molecular complexity index is 977. The van der Waals surface area contributed by atoms with Gasteiger partial charge in [-0.05, 0) is 47.7 Å². The number of rotatable bonds is 7. The lowest BCUT2D eigenvalue weighted by Crippen LogP contribution is -2.37. The molecule has 5 heteroatoms. The zero-order valence-electron chi connectivity index (χ0n) is 18.2. The summed E-state index contributed by atoms with van der Waals surface area (Å²) in [5, 5.41) is 0. The number of aromatic nitrogens is 2. The summed E-state index contributed by atoms with van der Waals surface area (Å²) in [6.07, 6.45) is 9.08. The van der Waals surface area contributed by atoms with E-state index in [0.717, 1.165) is 56.7 Å². The number of nitrogens with zero attached hydrogens (tertiary/aromatic N) is 4. The van der Waals surface area contributed by atoms with E-state index in [4.69, 9.17) is 0 Å².